The highest BCUT2D eigenvalue weighted by atomic mass is 35.5. The summed E-state index contributed by atoms with van der Waals surface area (Å²) in [7, 11) is 0. The lowest BCUT2D eigenvalue weighted by Crippen LogP contribution is -2.31. The van der Waals surface area contributed by atoms with E-state index in [1.165, 1.54) is 41.3 Å². The second kappa shape index (κ2) is 8.20. The third-order valence-corrected chi connectivity index (χ3v) is 4.71. The van der Waals surface area contributed by atoms with E-state index in [2.05, 4.69) is 4.98 Å². The number of nitrogens with zero attached hydrogens (tertiary/aromatic N) is 2. The van der Waals surface area contributed by atoms with Crippen LogP contribution in [0.1, 0.15) is 21.8 Å². The molecular weight excluding hydrogens is 417 g/mol. The molecule has 0 unspecified atom stereocenters. The third kappa shape index (κ3) is 4.16. The van der Waals surface area contributed by atoms with E-state index in [9.17, 15) is 18.0 Å². The minimum Gasteiger partial charge on any atom is -0.439 e. The van der Waals surface area contributed by atoms with Crippen LogP contribution in [0.15, 0.2) is 65.1 Å². The first-order valence-electron chi connectivity index (χ1n) is 8.93. The van der Waals surface area contributed by atoms with Crippen LogP contribution in [0.3, 0.4) is 0 Å². The first-order valence-corrected chi connectivity index (χ1v) is 9.31. The van der Waals surface area contributed by atoms with E-state index >= 15 is 0 Å². The zero-order chi connectivity index (χ0) is 21.3. The fourth-order valence-electron chi connectivity index (χ4n) is 3.03. The van der Waals surface area contributed by atoms with Crippen molar-refractivity contribution in [2.45, 2.75) is 13.1 Å². The number of aromatic nitrogens is 1. The van der Waals surface area contributed by atoms with Gasteiger partial charge in [0.05, 0.1) is 12.1 Å². The second-order valence-corrected chi connectivity index (χ2v) is 7.05. The van der Waals surface area contributed by atoms with Crippen LogP contribution in [0.5, 0.6) is 0 Å². The number of carbonyl (C=O) groups excluding carboxylic acids is 1. The van der Waals surface area contributed by atoms with Crippen molar-refractivity contribution >= 4 is 28.6 Å². The molecule has 0 aliphatic carbocycles. The Morgan fingerprint density at radius 3 is 2.53 bits per heavy atom. The maximum Gasteiger partial charge on any atom is 0.257 e. The maximum absolute atomic E-state index is 14.2. The predicted octanol–water partition coefficient (Wildman–Crippen LogP) is 5.74. The van der Waals surface area contributed by atoms with Gasteiger partial charge >= 0.3 is 0 Å². The molecule has 0 aliphatic heterocycles. The molecule has 0 aliphatic rings. The van der Waals surface area contributed by atoms with Crippen molar-refractivity contribution < 1.29 is 22.4 Å². The van der Waals surface area contributed by atoms with Crippen LogP contribution in [0.25, 0.3) is 11.1 Å². The van der Waals surface area contributed by atoms with Crippen molar-refractivity contribution in [3.05, 3.63) is 100 Å². The van der Waals surface area contributed by atoms with E-state index in [4.69, 9.17) is 16.0 Å². The zero-order valence-electron chi connectivity index (χ0n) is 15.4. The van der Waals surface area contributed by atoms with Gasteiger partial charge in [-0.3, -0.25) is 4.79 Å². The van der Waals surface area contributed by atoms with Crippen molar-refractivity contribution in [1.82, 2.24) is 9.88 Å². The quantitative estimate of drug-likeness (QED) is 0.405. The monoisotopic (exact) mass is 430 g/mol. The first-order chi connectivity index (χ1) is 14.4. The Morgan fingerprint density at radius 1 is 1.00 bits per heavy atom. The molecule has 0 fully saturated rings. The second-order valence-electron chi connectivity index (χ2n) is 6.61. The molecule has 0 bridgehead atoms. The number of hydrogen-bond acceptors (Lipinski definition) is 3. The Kier molecular flexibility index (Phi) is 5.46. The van der Waals surface area contributed by atoms with Crippen molar-refractivity contribution in [3.8, 4) is 0 Å². The van der Waals surface area contributed by atoms with E-state index in [1.54, 1.807) is 18.2 Å². The largest absolute Gasteiger partial charge is 0.439 e. The topological polar surface area (TPSA) is 46.3 Å². The van der Waals surface area contributed by atoms with Crippen molar-refractivity contribution in [3.63, 3.8) is 0 Å². The SMILES string of the molecule is O=C(c1cccc(F)c1F)N(Cc1ccc(F)cc1)Cc1nc2cc(Cl)ccc2o1. The number of fused-ring (bicyclic) bond motifs is 1. The normalized spacial score (nSPS) is 11.1. The van der Waals surface area contributed by atoms with Gasteiger partial charge < -0.3 is 9.32 Å². The molecule has 3 aromatic carbocycles. The number of benzene rings is 3. The molecule has 1 aromatic heterocycles. The molecular formula is C22H14ClF3N2O2. The van der Waals surface area contributed by atoms with E-state index in [0.717, 1.165) is 6.07 Å². The Bertz CT molecular complexity index is 1230. The van der Waals surface area contributed by atoms with Crippen LogP contribution in [0.2, 0.25) is 5.02 Å². The summed E-state index contributed by atoms with van der Waals surface area (Å²) < 4.78 is 46.8. The average Bonchev–Trinajstić information content (AvgIpc) is 3.12. The Labute approximate surface area is 174 Å². The number of halogens is 4. The highest BCUT2D eigenvalue weighted by Gasteiger charge is 2.23. The van der Waals surface area contributed by atoms with Gasteiger partial charge in [-0.25, -0.2) is 18.2 Å². The first kappa shape index (κ1) is 20.0. The van der Waals surface area contributed by atoms with Gasteiger partial charge in [0.15, 0.2) is 17.2 Å². The maximum atomic E-state index is 14.2. The zero-order valence-corrected chi connectivity index (χ0v) is 16.2. The van der Waals surface area contributed by atoms with E-state index in [0.29, 0.717) is 21.7 Å². The summed E-state index contributed by atoms with van der Waals surface area (Å²) in [5.74, 6) is -3.35. The van der Waals surface area contributed by atoms with Gasteiger partial charge in [-0.1, -0.05) is 29.8 Å². The average molecular weight is 431 g/mol. The summed E-state index contributed by atoms with van der Waals surface area (Å²) in [5.41, 5.74) is 1.15. The van der Waals surface area contributed by atoms with E-state index < -0.39 is 28.9 Å². The van der Waals surface area contributed by atoms with Gasteiger partial charge in [0.2, 0.25) is 5.89 Å². The molecule has 30 heavy (non-hydrogen) atoms. The molecule has 0 N–H and O–H groups in total. The van der Waals surface area contributed by atoms with Crippen LogP contribution in [0, 0.1) is 17.5 Å². The number of rotatable bonds is 5. The minimum absolute atomic E-state index is 0.00848. The van der Waals surface area contributed by atoms with Crippen LogP contribution in [-0.4, -0.2) is 15.8 Å². The van der Waals surface area contributed by atoms with Crippen LogP contribution >= 0.6 is 11.6 Å². The summed E-state index contributed by atoms with van der Waals surface area (Å²) in [6.07, 6.45) is 0. The van der Waals surface area contributed by atoms with Crippen molar-refractivity contribution in [2.24, 2.45) is 0 Å². The van der Waals surface area contributed by atoms with Crippen LogP contribution in [-0.2, 0) is 13.1 Å². The standard InChI is InChI=1S/C22H14ClF3N2O2/c23-14-6-9-19-18(10-14)27-20(30-19)12-28(11-13-4-7-15(24)8-5-13)22(29)16-2-1-3-17(25)21(16)26/h1-10H,11-12H2. The van der Waals surface area contributed by atoms with Crippen LogP contribution in [0.4, 0.5) is 13.2 Å². The van der Waals surface area contributed by atoms with Gasteiger partial charge in [-0.05, 0) is 48.0 Å². The summed E-state index contributed by atoms with van der Waals surface area (Å²) in [5, 5.41) is 0.475. The summed E-state index contributed by atoms with van der Waals surface area (Å²) >= 11 is 5.96. The molecule has 4 rings (SSSR count). The van der Waals surface area contributed by atoms with Gasteiger partial charge in [-0.2, -0.15) is 0 Å². The summed E-state index contributed by atoms with van der Waals surface area (Å²) in [4.78, 5) is 18.6. The molecule has 0 spiro atoms. The fourth-order valence-corrected chi connectivity index (χ4v) is 3.19. The van der Waals surface area contributed by atoms with E-state index in [1.807, 2.05) is 0 Å². The Balaban J connectivity index is 1.69. The molecule has 8 heteroatoms. The van der Waals surface area contributed by atoms with Crippen molar-refractivity contribution in [2.75, 3.05) is 0 Å². The van der Waals surface area contributed by atoms with Gasteiger partial charge in [-0.15, -0.1) is 0 Å². The number of amides is 1. The highest BCUT2D eigenvalue weighted by Crippen LogP contribution is 2.23. The fraction of sp³-hybridized carbons (Fsp3) is 0.0909. The molecule has 1 amide bonds. The number of oxazole rings is 1. The lowest BCUT2D eigenvalue weighted by molar-refractivity contribution is 0.0709. The predicted molar refractivity (Wildman–Crippen MR) is 105 cm³/mol. The van der Waals surface area contributed by atoms with Gasteiger partial charge in [0.25, 0.3) is 5.91 Å². The lowest BCUT2D eigenvalue weighted by atomic mass is 10.1. The molecule has 152 valence electrons. The van der Waals surface area contributed by atoms with E-state index in [-0.39, 0.29) is 19.0 Å². The molecule has 1 heterocycles. The van der Waals surface area contributed by atoms with Gasteiger partial charge in [0.1, 0.15) is 11.3 Å². The van der Waals surface area contributed by atoms with Crippen LogP contribution < -0.4 is 0 Å². The molecule has 0 saturated carbocycles. The summed E-state index contributed by atoms with van der Waals surface area (Å²) in [6, 6.07) is 13.8. The van der Waals surface area contributed by atoms with Crippen molar-refractivity contribution in [1.29, 1.82) is 0 Å². The Hall–Kier alpha value is -3.32. The molecule has 0 saturated heterocycles. The summed E-state index contributed by atoms with van der Waals surface area (Å²) in [6.45, 7) is -0.104. The lowest BCUT2D eigenvalue weighted by Gasteiger charge is -2.22. The van der Waals surface area contributed by atoms with Gasteiger partial charge in [0, 0.05) is 11.6 Å². The Morgan fingerprint density at radius 2 is 1.77 bits per heavy atom. The smallest absolute Gasteiger partial charge is 0.257 e. The number of carbonyl (C=O) groups is 1. The third-order valence-electron chi connectivity index (χ3n) is 4.48. The molecule has 4 nitrogen and oxygen atoms in total. The highest BCUT2D eigenvalue weighted by molar-refractivity contribution is 6.31. The number of hydrogen-bond donors (Lipinski definition) is 0. The molecule has 0 atom stereocenters. The molecule has 0 radical (unpaired) electrons. The molecule has 4 aromatic rings. The minimum atomic E-state index is -1.24.